The summed E-state index contributed by atoms with van der Waals surface area (Å²) in [6, 6.07) is 4.00. The first kappa shape index (κ1) is 17.7. The zero-order chi connectivity index (χ0) is 19.0. The third kappa shape index (κ3) is 3.23. The van der Waals surface area contributed by atoms with Gasteiger partial charge in [0.15, 0.2) is 5.65 Å². The fraction of sp³-hybridized carbons (Fsp3) is 0.444. The third-order valence-corrected chi connectivity index (χ3v) is 5.68. The lowest BCUT2D eigenvalue weighted by Crippen LogP contribution is -2.40. The van der Waals surface area contributed by atoms with E-state index in [2.05, 4.69) is 10.1 Å². The standard InChI is InChI=1S/C18H22N6O2S/c1-3-26-17(25)11-6-4-8-24(10-11)18-20-14(12-7-5-9-27-12)13-15(19)23(2)22-16(13)21-18/h5,7,9,11H,3-4,6,8,10,19H2,1-2H3. The van der Waals surface area contributed by atoms with Crippen LogP contribution in [0.15, 0.2) is 17.5 Å². The van der Waals surface area contributed by atoms with Crippen molar-refractivity contribution >= 4 is 40.1 Å². The molecule has 4 heterocycles. The summed E-state index contributed by atoms with van der Waals surface area (Å²) in [6.45, 7) is 3.58. The van der Waals surface area contributed by atoms with E-state index >= 15 is 0 Å². The van der Waals surface area contributed by atoms with Crippen molar-refractivity contribution in [3.63, 3.8) is 0 Å². The molecule has 1 saturated heterocycles. The summed E-state index contributed by atoms with van der Waals surface area (Å²) < 4.78 is 6.82. The Morgan fingerprint density at radius 1 is 1.44 bits per heavy atom. The maximum absolute atomic E-state index is 12.2. The van der Waals surface area contributed by atoms with Gasteiger partial charge in [0.2, 0.25) is 5.95 Å². The fourth-order valence-electron chi connectivity index (χ4n) is 3.45. The molecule has 2 N–H and O–H groups in total. The van der Waals surface area contributed by atoms with E-state index in [-0.39, 0.29) is 11.9 Å². The molecule has 1 fully saturated rings. The van der Waals surface area contributed by atoms with Crippen molar-refractivity contribution in [1.29, 1.82) is 0 Å². The number of carbonyl (C=O) groups is 1. The summed E-state index contributed by atoms with van der Waals surface area (Å²) in [5.74, 6) is 0.821. The van der Waals surface area contributed by atoms with Crippen LogP contribution in [0.4, 0.5) is 11.8 Å². The fourth-order valence-corrected chi connectivity index (χ4v) is 4.17. The molecule has 1 unspecified atom stereocenters. The number of hydrogen-bond acceptors (Lipinski definition) is 8. The molecule has 0 radical (unpaired) electrons. The number of fused-ring (bicyclic) bond motifs is 1. The summed E-state index contributed by atoms with van der Waals surface area (Å²) in [5, 5.41) is 7.22. The number of rotatable bonds is 4. The van der Waals surface area contributed by atoms with Gasteiger partial charge in [-0.25, -0.2) is 4.98 Å². The monoisotopic (exact) mass is 386 g/mol. The van der Waals surface area contributed by atoms with Crippen molar-refractivity contribution in [2.75, 3.05) is 30.3 Å². The van der Waals surface area contributed by atoms with Gasteiger partial charge in [-0.15, -0.1) is 11.3 Å². The minimum absolute atomic E-state index is 0.149. The van der Waals surface area contributed by atoms with Gasteiger partial charge in [0.25, 0.3) is 0 Å². The average Bonchev–Trinajstić information content (AvgIpc) is 3.30. The van der Waals surface area contributed by atoms with Gasteiger partial charge in [0.05, 0.1) is 28.5 Å². The average molecular weight is 386 g/mol. The third-order valence-electron chi connectivity index (χ3n) is 4.81. The molecule has 4 rings (SSSR count). The van der Waals surface area contributed by atoms with Gasteiger partial charge in [-0.3, -0.25) is 9.48 Å². The van der Waals surface area contributed by atoms with Crippen LogP contribution >= 0.6 is 11.3 Å². The van der Waals surface area contributed by atoms with E-state index in [4.69, 9.17) is 15.5 Å². The Bertz CT molecular complexity index is 968. The van der Waals surface area contributed by atoms with Crippen LogP contribution in [-0.4, -0.2) is 45.4 Å². The second-order valence-corrected chi connectivity index (χ2v) is 7.54. The lowest BCUT2D eigenvalue weighted by atomic mass is 9.98. The largest absolute Gasteiger partial charge is 0.466 e. The Labute approximate surface area is 161 Å². The number of anilines is 2. The number of nitrogen functional groups attached to an aromatic ring is 1. The number of carbonyl (C=O) groups excluding carboxylic acids is 1. The van der Waals surface area contributed by atoms with Gasteiger partial charge < -0.3 is 15.4 Å². The number of esters is 1. The normalized spacial score (nSPS) is 17.4. The quantitative estimate of drug-likeness (QED) is 0.688. The van der Waals surface area contributed by atoms with Crippen LogP contribution in [0.2, 0.25) is 0 Å². The summed E-state index contributed by atoms with van der Waals surface area (Å²) in [6.07, 6.45) is 1.72. The van der Waals surface area contributed by atoms with Crippen molar-refractivity contribution < 1.29 is 9.53 Å². The van der Waals surface area contributed by atoms with Gasteiger partial charge in [-0.1, -0.05) is 6.07 Å². The second-order valence-electron chi connectivity index (χ2n) is 6.59. The van der Waals surface area contributed by atoms with Crippen molar-refractivity contribution in [2.24, 2.45) is 13.0 Å². The Balaban J connectivity index is 1.75. The molecule has 9 heteroatoms. The summed E-state index contributed by atoms with van der Waals surface area (Å²) in [7, 11) is 1.80. The predicted molar refractivity (Wildman–Crippen MR) is 106 cm³/mol. The molecule has 1 aliphatic heterocycles. The predicted octanol–water partition coefficient (Wildman–Crippen LogP) is 2.45. The van der Waals surface area contributed by atoms with Crippen LogP contribution in [0.1, 0.15) is 19.8 Å². The van der Waals surface area contributed by atoms with Crippen LogP contribution in [0.25, 0.3) is 21.6 Å². The molecule has 8 nitrogen and oxygen atoms in total. The summed E-state index contributed by atoms with van der Waals surface area (Å²) in [5.41, 5.74) is 7.58. The van der Waals surface area contributed by atoms with Gasteiger partial charge in [-0.05, 0) is 31.2 Å². The first-order valence-electron chi connectivity index (χ1n) is 9.04. The zero-order valence-electron chi connectivity index (χ0n) is 15.4. The minimum atomic E-state index is -0.156. The molecule has 1 atom stereocenters. The van der Waals surface area contributed by atoms with E-state index in [9.17, 15) is 4.79 Å². The highest BCUT2D eigenvalue weighted by molar-refractivity contribution is 7.13. The lowest BCUT2D eigenvalue weighted by molar-refractivity contribution is -0.148. The van der Waals surface area contributed by atoms with Gasteiger partial charge in [0.1, 0.15) is 5.82 Å². The molecule has 1 aliphatic rings. The SMILES string of the molecule is CCOC(=O)C1CCCN(c2nc(-c3cccs3)c3c(N)n(C)nc3n2)C1. The van der Waals surface area contributed by atoms with Gasteiger partial charge >= 0.3 is 5.97 Å². The van der Waals surface area contributed by atoms with Crippen molar-refractivity contribution in [2.45, 2.75) is 19.8 Å². The maximum Gasteiger partial charge on any atom is 0.310 e. The topological polar surface area (TPSA) is 99.2 Å². The zero-order valence-corrected chi connectivity index (χ0v) is 16.2. The summed E-state index contributed by atoms with van der Waals surface area (Å²) in [4.78, 5) is 24.7. The number of aromatic nitrogens is 4. The number of piperidine rings is 1. The Morgan fingerprint density at radius 2 is 2.30 bits per heavy atom. The van der Waals surface area contributed by atoms with E-state index in [1.807, 2.05) is 29.3 Å². The lowest BCUT2D eigenvalue weighted by Gasteiger charge is -2.31. The van der Waals surface area contributed by atoms with Crippen LogP contribution < -0.4 is 10.6 Å². The Kier molecular flexibility index (Phi) is 4.69. The van der Waals surface area contributed by atoms with Crippen LogP contribution in [-0.2, 0) is 16.6 Å². The molecular weight excluding hydrogens is 364 g/mol. The highest BCUT2D eigenvalue weighted by Gasteiger charge is 2.29. The number of thiophene rings is 1. The molecule has 27 heavy (non-hydrogen) atoms. The van der Waals surface area contributed by atoms with Gasteiger partial charge in [-0.2, -0.15) is 10.1 Å². The molecule has 142 valence electrons. The number of nitrogens with two attached hydrogens (primary N) is 1. The first-order chi connectivity index (χ1) is 13.1. The highest BCUT2D eigenvalue weighted by atomic mass is 32.1. The smallest absolute Gasteiger partial charge is 0.310 e. The number of nitrogens with zero attached hydrogens (tertiary/aromatic N) is 5. The number of ether oxygens (including phenoxy) is 1. The number of aryl methyl sites for hydroxylation is 1. The summed E-state index contributed by atoms with van der Waals surface area (Å²) >= 11 is 1.60. The van der Waals surface area contributed by atoms with Crippen LogP contribution in [0.3, 0.4) is 0 Å². The molecule has 3 aromatic rings. The molecule has 0 aliphatic carbocycles. The van der Waals surface area contributed by atoms with Crippen molar-refractivity contribution in [3.8, 4) is 10.6 Å². The van der Waals surface area contributed by atoms with Crippen LogP contribution in [0.5, 0.6) is 0 Å². The number of hydrogen-bond donors (Lipinski definition) is 1. The van der Waals surface area contributed by atoms with E-state index in [0.717, 1.165) is 35.3 Å². The van der Waals surface area contributed by atoms with Crippen molar-refractivity contribution in [3.05, 3.63) is 17.5 Å². The minimum Gasteiger partial charge on any atom is -0.466 e. The van der Waals surface area contributed by atoms with Crippen LogP contribution in [0, 0.1) is 5.92 Å². The maximum atomic E-state index is 12.2. The van der Waals surface area contributed by atoms with E-state index < -0.39 is 0 Å². The van der Waals surface area contributed by atoms with E-state index in [1.165, 1.54) is 0 Å². The Hall–Kier alpha value is -2.68. The molecule has 0 saturated carbocycles. The first-order valence-corrected chi connectivity index (χ1v) is 9.92. The van der Waals surface area contributed by atoms with E-state index in [1.54, 1.807) is 23.1 Å². The molecule has 0 spiro atoms. The van der Waals surface area contributed by atoms with Gasteiger partial charge in [0, 0.05) is 20.1 Å². The molecule has 0 amide bonds. The Morgan fingerprint density at radius 3 is 3.04 bits per heavy atom. The second kappa shape index (κ2) is 7.15. The molecule has 0 aromatic carbocycles. The molecular formula is C18H22N6O2S. The van der Waals surface area contributed by atoms with E-state index in [0.29, 0.717) is 30.6 Å². The van der Waals surface area contributed by atoms with Crippen molar-refractivity contribution in [1.82, 2.24) is 19.7 Å². The molecule has 0 bridgehead atoms. The highest BCUT2D eigenvalue weighted by Crippen LogP contribution is 2.34. The molecule has 3 aromatic heterocycles.